The van der Waals surface area contributed by atoms with Crippen molar-refractivity contribution in [3.8, 4) is 0 Å². The molecule has 2 aliphatic rings. The highest BCUT2D eigenvalue weighted by atomic mass is 32.1. The first-order chi connectivity index (χ1) is 16.0. The summed E-state index contributed by atoms with van der Waals surface area (Å²) in [5, 5.41) is 10.3. The van der Waals surface area contributed by atoms with Gasteiger partial charge in [-0.25, -0.2) is 9.69 Å². The van der Waals surface area contributed by atoms with Gasteiger partial charge in [0.1, 0.15) is 0 Å². The van der Waals surface area contributed by atoms with E-state index < -0.39 is 16.8 Å². The van der Waals surface area contributed by atoms with Gasteiger partial charge < -0.3 is 21.3 Å². The van der Waals surface area contributed by atoms with E-state index in [-0.39, 0.29) is 5.97 Å². The number of nitrogens with zero attached hydrogens (tertiary/aromatic N) is 2. The molecule has 0 amide bonds. The number of aryl methyl sites for hydroxylation is 2. The fourth-order valence-corrected chi connectivity index (χ4v) is 7.21. The molecule has 0 radical (unpaired) electrons. The van der Waals surface area contributed by atoms with E-state index in [2.05, 4.69) is 9.69 Å². The van der Waals surface area contributed by atoms with Crippen molar-refractivity contribution >= 4 is 56.0 Å². The molecule has 4 rings (SSSR count). The fourth-order valence-electron chi connectivity index (χ4n) is 4.85. The van der Waals surface area contributed by atoms with E-state index in [9.17, 15) is 14.7 Å². The summed E-state index contributed by atoms with van der Waals surface area (Å²) in [6.45, 7) is 20.1. The Hall–Kier alpha value is -3.08. The van der Waals surface area contributed by atoms with Crippen LogP contribution in [-0.2, 0) is 38.0 Å². The molecule has 0 saturated heterocycles. The first kappa shape index (κ1) is 25.5. The average molecular weight is 501 g/mol. The Bertz CT molecular complexity index is 1220. The highest BCUT2D eigenvalue weighted by Gasteiger charge is 2.44. The molecule has 2 atom stereocenters. The maximum Gasteiger partial charge on any atom is 0.315 e. The van der Waals surface area contributed by atoms with Crippen LogP contribution in [0.25, 0.3) is 9.69 Å². The molecule has 0 aromatic carbocycles. The predicted molar refractivity (Wildman–Crippen MR) is 135 cm³/mol. The second kappa shape index (κ2) is 9.65. The van der Waals surface area contributed by atoms with Crippen molar-refractivity contribution in [2.75, 3.05) is 18.1 Å². The maximum atomic E-state index is 12.2. The lowest BCUT2D eigenvalue weighted by Crippen LogP contribution is -2.37. The number of esters is 1. The van der Waals surface area contributed by atoms with E-state index in [4.69, 9.17) is 29.3 Å². The summed E-state index contributed by atoms with van der Waals surface area (Å²) in [5.74, 6) is -1.11. The van der Waals surface area contributed by atoms with Gasteiger partial charge in [-0.15, -0.1) is 22.7 Å². The molecule has 2 aromatic heterocycles. The van der Waals surface area contributed by atoms with Crippen LogP contribution in [0.2, 0.25) is 0 Å². The first-order valence-electron chi connectivity index (χ1n) is 11.0. The van der Waals surface area contributed by atoms with Crippen LogP contribution < -0.4 is 11.5 Å². The van der Waals surface area contributed by atoms with Crippen LogP contribution in [0, 0.1) is 13.1 Å². The number of carboxylic acid groups (broad SMARTS) is 1. The zero-order valence-corrected chi connectivity index (χ0v) is 21.1. The van der Waals surface area contributed by atoms with Gasteiger partial charge in [0, 0.05) is 0 Å². The Balaban J connectivity index is 0.000000192. The summed E-state index contributed by atoms with van der Waals surface area (Å²) in [6.07, 6.45) is 4.80. The fraction of sp³-hybridized carbons (Fsp3) is 0.500. The smallest absolute Gasteiger partial charge is 0.315 e. The average Bonchev–Trinajstić information content (AvgIpc) is 3.30. The Labute approximate surface area is 207 Å². The van der Waals surface area contributed by atoms with Crippen LogP contribution in [0.4, 0.5) is 21.4 Å². The third-order valence-corrected chi connectivity index (χ3v) is 8.79. The van der Waals surface area contributed by atoms with Crippen molar-refractivity contribution in [2.24, 2.45) is 0 Å². The Morgan fingerprint density at radius 1 is 0.971 bits per heavy atom. The number of carboxylic acids is 1. The molecule has 0 spiro atoms. The molecular weight excluding hydrogens is 472 g/mol. The minimum absolute atomic E-state index is 0.242. The van der Waals surface area contributed by atoms with Crippen LogP contribution in [-0.4, -0.2) is 23.7 Å². The van der Waals surface area contributed by atoms with E-state index in [1.807, 2.05) is 6.92 Å². The normalized spacial score (nSPS) is 22.7. The number of hydrogen-bond acceptors (Lipinski definition) is 7. The molecule has 34 heavy (non-hydrogen) atoms. The van der Waals surface area contributed by atoms with E-state index in [0.717, 1.165) is 47.4 Å². The van der Waals surface area contributed by atoms with E-state index >= 15 is 0 Å². The molecule has 180 valence electrons. The summed E-state index contributed by atoms with van der Waals surface area (Å²) in [5.41, 5.74) is 12.3. The highest BCUT2D eigenvalue weighted by molar-refractivity contribution is 7.17. The van der Waals surface area contributed by atoms with Crippen LogP contribution in [0.5, 0.6) is 0 Å². The summed E-state index contributed by atoms with van der Waals surface area (Å²) in [6, 6.07) is 0. The maximum absolute atomic E-state index is 12.2. The van der Waals surface area contributed by atoms with Gasteiger partial charge in [0.05, 0.1) is 40.6 Å². The van der Waals surface area contributed by atoms with Crippen molar-refractivity contribution in [1.29, 1.82) is 0 Å². The van der Waals surface area contributed by atoms with E-state index in [1.165, 1.54) is 22.7 Å². The Morgan fingerprint density at radius 2 is 1.41 bits per heavy atom. The summed E-state index contributed by atoms with van der Waals surface area (Å²) >= 11 is 2.80. The van der Waals surface area contributed by atoms with Crippen LogP contribution in [0.1, 0.15) is 67.3 Å². The molecule has 10 heteroatoms. The molecule has 2 unspecified atom stereocenters. The largest absolute Gasteiger partial charge is 0.481 e. The monoisotopic (exact) mass is 500 g/mol. The Morgan fingerprint density at radius 3 is 1.82 bits per heavy atom. The molecule has 0 saturated carbocycles. The summed E-state index contributed by atoms with van der Waals surface area (Å²) in [7, 11) is 0. The minimum Gasteiger partial charge on any atom is -0.481 e. The van der Waals surface area contributed by atoms with Gasteiger partial charge in [-0.05, 0) is 80.2 Å². The lowest BCUT2D eigenvalue weighted by Gasteiger charge is -2.32. The molecule has 2 heterocycles. The minimum atomic E-state index is -0.943. The lowest BCUT2D eigenvalue weighted by atomic mass is 9.73. The number of nitrogen functional groups attached to an aromatic ring is 2. The number of hydrogen-bond donors (Lipinski definition) is 3. The third kappa shape index (κ3) is 4.13. The number of fused-ring (bicyclic) bond motifs is 2. The van der Waals surface area contributed by atoms with Crippen molar-refractivity contribution in [2.45, 2.75) is 70.1 Å². The van der Waals surface area contributed by atoms with Crippen molar-refractivity contribution in [3.63, 3.8) is 0 Å². The molecule has 5 N–H and O–H groups in total. The highest BCUT2D eigenvalue weighted by Crippen LogP contribution is 2.51. The molecule has 0 aliphatic heterocycles. The zero-order chi connectivity index (χ0) is 25.3. The number of ether oxygens (including phenoxy) is 1. The number of aliphatic carboxylic acids is 1. The standard InChI is InChI=1S/C13H16N2O2S.C11H12N2O2S/c1-4-17-12(16)13(2)7-5-6-8-9(13)10(15-3)11(14)18-8;1-11(10(14)15)5-3-4-6-7(11)8(13-2)9(12)16-6/h4-7,14H2,1-2H3;3-5,12H2,1H3,(H,14,15). The van der Waals surface area contributed by atoms with Crippen LogP contribution >= 0.6 is 22.7 Å². The van der Waals surface area contributed by atoms with Gasteiger partial charge in [-0.2, -0.15) is 0 Å². The first-order valence-corrected chi connectivity index (χ1v) is 12.7. The number of anilines is 2. The topological polar surface area (TPSA) is 124 Å². The molecule has 2 aliphatic carbocycles. The van der Waals surface area contributed by atoms with E-state index in [0.29, 0.717) is 40.0 Å². The summed E-state index contributed by atoms with van der Waals surface area (Å²) in [4.78, 5) is 32.5. The van der Waals surface area contributed by atoms with Gasteiger partial charge in [-0.3, -0.25) is 9.59 Å². The SMILES string of the molecule is [C-]#[N+]c1c(N)sc2c1C(C)(C(=O)O)CCC2.[C-]#[N+]c1c(N)sc2c1C(C)(C(=O)OCC)CCC2. The third-order valence-electron chi connectivity index (χ3n) is 6.65. The predicted octanol–water partition coefficient (Wildman–Crippen LogP) is 5.60. The molecule has 0 fully saturated rings. The number of rotatable bonds is 3. The van der Waals surface area contributed by atoms with Crippen LogP contribution in [0.15, 0.2) is 0 Å². The quantitative estimate of drug-likeness (QED) is 0.372. The Kier molecular flexibility index (Phi) is 7.25. The number of carbonyl (C=O) groups excluding carboxylic acids is 1. The van der Waals surface area contributed by atoms with Gasteiger partial charge in [0.2, 0.25) is 11.4 Å². The molecule has 2 aromatic rings. The number of nitrogens with two attached hydrogens (primary N) is 2. The molecular formula is C24H28N4O4S2. The van der Waals surface area contributed by atoms with Gasteiger partial charge in [0.15, 0.2) is 0 Å². The summed E-state index contributed by atoms with van der Waals surface area (Å²) < 4.78 is 5.17. The number of carbonyl (C=O) groups is 2. The second-order valence-electron chi connectivity index (χ2n) is 8.85. The lowest BCUT2D eigenvalue weighted by molar-refractivity contribution is -0.150. The van der Waals surface area contributed by atoms with Crippen molar-refractivity contribution < 1.29 is 19.4 Å². The van der Waals surface area contributed by atoms with Gasteiger partial charge in [0.25, 0.3) is 0 Å². The van der Waals surface area contributed by atoms with Crippen LogP contribution in [0.3, 0.4) is 0 Å². The molecule has 0 bridgehead atoms. The number of thiophene rings is 2. The van der Waals surface area contributed by atoms with Gasteiger partial charge >= 0.3 is 11.9 Å². The molecule has 8 nitrogen and oxygen atoms in total. The zero-order valence-electron chi connectivity index (χ0n) is 19.5. The second-order valence-corrected chi connectivity index (χ2v) is 11.1. The van der Waals surface area contributed by atoms with E-state index in [1.54, 1.807) is 13.8 Å². The van der Waals surface area contributed by atoms with Crippen molar-refractivity contribution in [3.05, 3.63) is 43.7 Å². The van der Waals surface area contributed by atoms with Gasteiger partial charge in [-0.1, -0.05) is 0 Å². The van der Waals surface area contributed by atoms with Crippen molar-refractivity contribution in [1.82, 2.24) is 0 Å².